The van der Waals surface area contributed by atoms with Gasteiger partial charge in [0.25, 0.3) is 11.5 Å². The van der Waals surface area contributed by atoms with E-state index in [-0.39, 0.29) is 28.8 Å². The average molecular weight is 356 g/mol. The van der Waals surface area contributed by atoms with Gasteiger partial charge in [0.15, 0.2) is 11.4 Å². The first kappa shape index (κ1) is 17.3. The number of carbonyl (C=O) groups is 2. The molecule has 1 aromatic carbocycles. The fourth-order valence-corrected chi connectivity index (χ4v) is 2.76. The predicted molar refractivity (Wildman–Crippen MR) is 90.7 cm³/mol. The molecule has 0 spiro atoms. The molecule has 2 aromatic rings. The van der Waals surface area contributed by atoms with Crippen molar-refractivity contribution in [1.29, 1.82) is 0 Å². The normalized spacial score (nSPS) is 15.8. The maximum absolute atomic E-state index is 12.5. The van der Waals surface area contributed by atoms with Gasteiger partial charge in [0.1, 0.15) is 5.75 Å². The van der Waals surface area contributed by atoms with Crippen molar-refractivity contribution in [3.05, 3.63) is 50.9 Å². The number of rotatable bonds is 4. The van der Waals surface area contributed by atoms with E-state index in [1.165, 1.54) is 7.11 Å². The molecule has 1 atom stereocenters. The van der Waals surface area contributed by atoms with Crippen LogP contribution < -0.4 is 26.7 Å². The summed E-state index contributed by atoms with van der Waals surface area (Å²) in [5, 5.41) is 0.0158. The molecule has 9 nitrogen and oxygen atoms in total. The van der Waals surface area contributed by atoms with Gasteiger partial charge in [-0.2, -0.15) is 9.98 Å². The summed E-state index contributed by atoms with van der Waals surface area (Å²) in [4.78, 5) is 47.4. The number of benzene rings is 1. The third kappa shape index (κ3) is 2.94. The van der Waals surface area contributed by atoms with Gasteiger partial charge in [-0.05, 0) is 30.2 Å². The summed E-state index contributed by atoms with van der Waals surface area (Å²) < 4.78 is 10.1. The molecule has 1 aromatic heterocycles. The SMILES string of the molecule is CCOC(=O)C1C(=O)N=c2nc(N)[nH]c(=O)c2=C1c1ccc(OC)cc1. The van der Waals surface area contributed by atoms with E-state index in [1.807, 2.05) is 0 Å². The van der Waals surface area contributed by atoms with E-state index in [4.69, 9.17) is 15.2 Å². The Morgan fingerprint density at radius 3 is 2.58 bits per heavy atom. The molecule has 3 rings (SSSR count). The summed E-state index contributed by atoms with van der Waals surface area (Å²) in [5.74, 6) is -2.50. The second kappa shape index (κ2) is 6.79. The monoisotopic (exact) mass is 356 g/mol. The molecule has 1 aliphatic heterocycles. The number of ether oxygens (including phenoxy) is 2. The summed E-state index contributed by atoms with van der Waals surface area (Å²) in [6.45, 7) is 1.71. The molecule has 1 aliphatic rings. The first-order valence-corrected chi connectivity index (χ1v) is 7.80. The van der Waals surface area contributed by atoms with Crippen molar-refractivity contribution < 1.29 is 19.1 Å². The molecular weight excluding hydrogens is 340 g/mol. The number of aromatic nitrogens is 2. The van der Waals surface area contributed by atoms with Gasteiger partial charge in [-0.3, -0.25) is 19.4 Å². The maximum Gasteiger partial charge on any atom is 0.323 e. The molecule has 0 fully saturated rings. The van der Waals surface area contributed by atoms with Crippen LogP contribution >= 0.6 is 0 Å². The van der Waals surface area contributed by atoms with E-state index in [9.17, 15) is 14.4 Å². The van der Waals surface area contributed by atoms with Crippen LogP contribution in [0.5, 0.6) is 5.75 Å². The number of hydrogen-bond donors (Lipinski definition) is 2. The van der Waals surface area contributed by atoms with Gasteiger partial charge < -0.3 is 15.2 Å². The lowest BCUT2D eigenvalue weighted by Gasteiger charge is -2.19. The summed E-state index contributed by atoms with van der Waals surface area (Å²) in [5.41, 5.74) is 5.47. The highest BCUT2D eigenvalue weighted by Crippen LogP contribution is 2.26. The van der Waals surface area contributed by atoms with Crippen molar-refractivity contribution in [1.82, 2.24) is 9.97 Å². The molecule has 1 unspecified atom stereocenters. The van der Waals surface area contributed by atoms with E-state index >= 15 is 0 Å². The first-order chi connectivity index (χ1) is 12.5. The van der Waals surface area contributed by atoms with E-state index < -0.39 is 23.4 Å². The van der Waals surface area contributed by atoms with Crippen molar-refractivity contribution >= 4 is 23.4 Å². The highest BCUT2D eigenvalue weighted by atomic mass is 16.5. The van der Waals surface area contributed by atoms with Crippen molar-refractivity contribution in [2.45, 2.75) is 6.92 Å². The number of esters is 1. The second-order valence-electron chi connectivity index (χ2n) is 5.43. The molecule has 0 bridgehead atoms. The van der Waals surface area contributed by atoms with Gasteiger partial charge in [-0.1, -0.05) is 12.1 Å². The number of H-pyrrole nitrogens is 1. The predicted octanol–water partition coefficient (Wildman–Crippen LogP) is -1.10. The smallest absolute Gasteiger partial charge is 0.323 e. The number of hydrogen-bond acceptors (Lipinski definition) is 7. The molecule has 1 amide bonds. The standard InChI is InChI=1S/C17H16N4O5/c1-3-26-16(24)12-10(8-4-6-9(25-2)7-5-8)11-13(19-15(12)23)20-17(18)21-14(11)22/h4-7,12H,3H2,1-2H3,(H3,18,19,20,21,22,23). The largest absolute Gasteiger partial charge is 0.497 e. The number of nitrogens with zero attached hydrogens (tertiary/aromatic N) is 2. The number of methoxy groups -OCH3 is 1. The average Bonchev–Trinajstić information content (AvgIpc) is 2.60. The maximum atomic E-state index is 12.5. The molecule has 26 heavy (non-hydrogen) atoms. The van der Waals surface area contributed by atoms with Gasteiger partial charge in [0, 0.05) is 0 Å². The van der Waals surface area contributed by atoms with Gasteiger partial charge in [0.2, 0.25) is 5.95 Å². The molecule has 3 N–H and O–H groups in total. The number of nitrogens with two attached hydrogens (primary N) is 1. The summed E-state index contributed by atoms with van der Waals surface area (Å²) in [6, 6.07) is 6.58. The summed E-state index contributed by atoms with van der Waals surface area (Å²) in [6.07, 6.45) is 0. The zero-order chi connectivity index (χ0) is 18.8. The number of amides is 1. The van der Waals surface area contributed by atoms with Crippen LogP contribution in [0, 0.1) is 5.92 Å². The van der Waals surface area contributed by atoms with Crippen molar-refractivity contribution in [3.8, 4) is 5.75 Å². The zero-order valence-corrected chi connectivity index (χ0v) is 14.1. The highest BCUT2D eigenvalue weighted by molar-refractivity contribution is 6.09. The molecule has 134 valence electrons. The minimum Gasteiger partial charge on any atom is -0.497 e. The fourth-order valence-electron chi connectivity index (χ4n) is 2.76. The molecule has 0 aliphatic carbocycles. The third-order valence-corrected chi connectivity index (χ3v) is 3.86. The summed E-state index contributed by atoms with van der Waals surface area (Å²) in [7, 11) is 1.51. The molecule has 2 heterocycles. The first-order valence-electron chi connectivity index (χ1n) is 7.80. The van der Waals surface area contributed by atoms with E-state index in [1.54, 1.807) is 31.2 Å². The number of fused-ring (bicyclic) bond motifs is 1. The van der Waals surface area contributed by atoms with E-state index in [0.717, 1.165) is 0 Å². The number of nitrogens with one attached hydrogen (secondary N) is 1. The van der Waals surface area contributed by atoms with Crippen molar-refractivity contribution in [2.75, 3.05) is 19.5 Å². The summed E-state index contributed by atoms with van der Waals surface area (Å²) >= 11 is 0. The Hall–Kier alpha value is -3.49. The van der Waals surface area contributed by atoms with Crippen LogP contribution in [0.2, 0.25) is 0 Å². The van der Waals surface area contributed by atoms with Crippen LogP contribution in [0.4, 0.5) is 5.95 Å². The van der Waals surface area contributed by atoms with E-state index in [2.05, 4.69) is 15.0 Å². The Kier molecular flexibility index (Phi) is 4.53. The third-order valence-electron chi connectivity index (χ3n) is 3.86. The zero-order valence-electron chi connectivity index (χ0n) is 14.1. The number of carbonyl (C=O) groups excluding carboxylic acids is 2. The lowest BCUT2D eigenvalue weighted by molar-refractivity contribution is -0.148. The Balaban J connectivity index is 2.38. The molecule has 0 saturated carbocycles. The minimum absolute atomic E-state index is 0.0158. The van der Waals surface area contributed by atoms with Gasteiger partial charge >= 0.3 is 5.97 Å². The lowest BCUT2D eigenvalue weighted by atomic mass is 9.89. The van der Waals surface area contributed by atoms with E-state index in [0.29, 0.717) is 11.3 Å². The fraction of sp³-hybridized carbons (Fsp3) is 0.235. The quantitative estimate of drug-likeness (QED) is 0.524. The Bertz CT molecular complexity index is 1060. The Labute approximate surface area is 147 Å². The Morgan fingerprint density at radius 2 is 1.96 bits per heavy atom. The van der Waals surface area contributed by atoms with Crippen LogP contribution in [-0.4, -0.2) is 35.6 Å². The van der Waals surface area contributed by atoms with Crippen LogP contribution in [0.1, 0.15) is 12.5 Å². The number of anilines is 1. The van der Waals surface area contributed by atoms with Crippen LogP contribution in [-0.2, 0) is 14.3 Å². The van der Waals surface area contributed by atoms with Gasteiger partial charge in [0.05, 0.1) is 18.9 Å². The van der Waals surface area contributed by atoms with Crippen molar-refractivity contribution in [3.63, 3.8) is 0 Å². The molecular formula is C17H16N4O5. The molecule has 0 radical (unpaired) electrons. The molecule has 0 saturated heterocycles. The van der Waals surface area contributed by atoms with Gasteiger partial charge in [-0.25, -0.2) is 0 Å². The topological polar surface area (TPSA) is 137 Å². The Morgan fingerprint density at radius 1 is 1.27 bits per heavy atom. The van der Waals surface area contributed by atoms with Crippen LogP contribution in [0.25, 0.3) is 5.57 Å². The minimum atomic E-state index is -1.36. The van der Waals surface area contributed by atoms with Gasteiger partial charge in [-0.15, -0.1) is 0 Å². The second-order valence-corrected chi connectivity index (χ2v) is 5.43. The van der Waals surface area contributed by atoms with Crippen LogP contribution in [0.15, 0.2) is 34.1 Å². The molecule has 9 heteroatoms. The lowest BCUT2D eigenvalue weighted by Crippen LogP contribution is -2.51. The number of nitrogen functional groups attached to an aromatic ring is 1. The highest BCUT2D eigenvalue weighted by Gasteiger charge is 2.36. The number of aromatic amines is 1. The van der Waals surface area contributed by atoms with Crippen LogP contribution in [0.3, 0.4) is 0 Å². The van der Waals surface area contributed by atoms with Crippen molar-refractivity contribution in [2.24, 2.45) is 10.9 Å².